The Labute approximate surface area is 60.8 Å². The molecule has 0 aromatic rings. The van der Waals surface area contributed by atoms with Crippen molar-refractivity contribution in [1.82, 2.24) is 0 Å². The van der Waals surface area contributed by atoms with Crippen LogP contribution >= 0.6 is 0 Å². The summed E-state index contributed by atoms with van der Waals surface area (Å²) in [5.74, 6) is 0. The molecule has 4 heteroatoms. The fourth-order valence-electron chi connectivity index (χ4n) is 1.63. The van der Waals surface area contributed by atoms with E-state index in [0.29, 0.717) is 12.2 Å². The van der Waals surface area contributed by atoms with E-state index in [1.165, 1.54) is 6.42 Å². The topological polar surface area (TPSA) is 27.7 Å². The number of hydrogen-bond donors (Lipinski definition) is 0. The molecular weight excluding hydrogens is 131 g/mol. The molecule has 0 radical (unpaired) electrons. The fraction of sp³-hybridized carbons (Fsp3) is 1.00. The van der Waals surface area contributed by atoms with E-state index in [2.05, 4.69) is 0 Å². The summed E-state index contributed by atoms with van der Waals surface area (Å²) in [5, 5.41) is 0. The van der Waals surface area contributed by atoms with Gasteiger partial charge < -0.3 is 14.0 Å². The minimum absolute atomic E-state index is 0.310. The normalized spacial score (nSPS) is 38.7. The molecule has 0 aromatic carbocycles. The van der Waals surface area contributed by atoms with Crippen LogP contribution in [0.25, 0.3) is 0 Å². The lowest BCUT2D eigenvalue weighted by atomic mass is 10.2. The molecule has 1 saturated carbocycles. The van der Waals surface area contributed by atoms with E-state index in [-0.39, 0.29) is 0 Å². The second kappa shape index (κ2) is 2.53. The largest absolute Gasteiger partial charge is 0.639 e. The minimum Gasteiger partial charge on any atom is -0.389 e. The molecule has 1 aliphatic heterocycles. The molecule has 10 heavy (non-hydrogen) atoms. The highest BCUT2D eigenvalue weighted by molar-refractivity contribution is 6.37. The van der Waals surface area contributed by atoms with Crippen molar-refractivity contribution in [2.75, 3.05) is 7.11 Å². The molecule has 1 aliphatic carbocycles. The van der Waals surface area contributed by atoms with E-state index in [4.69, 9.17) is 14.0 Å². The molecular formula is C6H11BO3. The molecule has 1 saturated heterocycles. The SMILES string of the molecule is COB1OC2CCCC2O1. The van der Waals surface area contributed by atoms with Crippen LogP contribution < -0.4 is 0 Å². The summed E-state index contributed by atoms with van der Waals surface area (Å²) in [6, 6.07) is 0. The lowest BCUT2D eigenvalue weighted by molar-refractivity contribution is 0.184. The van der Waals surface area contributed by atoms with Crippen molar-refractivity contribution in [2.45, 2.75) is 31.5 Å². The Morgan fingerprint density at radius 2 is 1.90 bits per heavy atom. The molecule has 2 fully saturated rings. The fourth-order valence-corrected chi connectivity index (χ4v) is 1.63. The molecule has 0 spiro atoms. The van der Waals surface area contributed by atoms with Gasteiger partial charge in [-0.25, -0.2) is 0 Å². The quantitative estimate of drug-likeness (QED) is 0.501. The summed E-state index contributed by atoms with van der Waals surface area (Å²) < 4.78 is 15.7. The van der Waals surface area contributed by atoms with Gasteiger partial charge in [0.15, 0.2) is 0 Å². The first kappa shape index (κ1) is 6.64. The van der Waals surface area contributed by atoms with Gasteiger partial charge in [0.05, 0.1) is 12.2 Å². The Balaban J connectivity index is 1.94. The van der Waals surface area contributed by atoms with Gasteiger partial charge in [-0.15, -0.1) is 0 Å². The third-order valence-corrected chi connectivity index (χ3v) is 2.16. The smallest absolute Gasteiger partial charge is 0.389 e. The first-order valence-electron chi connectivity index (χ1n) is 3.74. The summed E-state index contributed by atoms with van der Waals surface area (Å²) in [6.45, 7) is 0. The maximum Gasteiger partial charge on any atom is 0.639 e. The van der Waals surface area contributed by atoms with Crippen molar-refractivity contribution in [2.24, 2.45) is 0 Å². The van der Waals surface area contributed by atoms with Gasteiger partial charge in [-0.05, 0) is 19.3 Å². The average molecular weight is 142 g/mol. The highest BCUT2D eigenvalue weighted by Crippen LogP contribution is 2.31. The van der Waals surface area contributed by atoms with Crippen molar-refractivity contribution in [3.8, 4) is 0 Å². The van der Waals surface area contributed by atoms with E-state index in [1.54, 1.807) is 7.11 Å². The average Bonchev–Trinajstić information content (AvgIpc) is 2.42. The van der Waals surface area contributed by atoms with Crippen LogP contribution in [0.15, 0.2) is 0 Å². The summed E-state index contributed by atoms with van der Waals surface area (Å²) in [6.07, 6.45) is 4.11. The Kier molecular flexibility index (Phi) is 1.68. The molecule has 2 rings (SSSR count). The lowest BCUT2D eigenvalue weighted by Crippen LogP contribution is -2.19. The van der Waals surface area contributed by atoms with Crippen LogP contribution in [0.5, 0.6) is 0 Å². The Morgan fingerprint density at radius 3 is 2.40 bits per heavy atom. The zero-order chi connectivity index (χ0) is 6.97. The second-order valence-corrected chi connectivity index (χ2v) is 2.80. The second-order valence-electron chi connectivity index (χ2n) is 2.80. The van der Waals surface area contributed by atoms with Crippen LogP contribution in [-0.2, 0) is 14.0 Å². The molecule has 2 atom stereocenters. The van der Waals surface area contributed by atoms with Crippen LogP contribution in [-0.4, -0.2) is 26.6 Å². The third kappa shape index (κ3) is 0.963. The van der Waals surface area contributed by atoms with Crippen LogP contribution in [0.1, 0.15) is 19.3 Å². The van der Waals surface area contributed by atoms with Crippen molar-refractivity contribution < 1.29 is 14.0 Å². The zero-order valence-corrected chi connectivity index (χ0v) is 6.08. The number of rotatable bonds is 1. The lowest BCUT2D eigenvalue weighted by Gasteiger charge is -2.03. The van der Waals surface area contributed by atoms with E-state index in [0.717, 1.165) is 12.8 Å². The van der Waals surface area contributed by atoms with E-state index < -0.39 is 7.32 Å². The predicted molar refractivity (Wildman–Crippen MR) is 36.4 cm³/mol. The molecule has 0 aromatic heterocycles. The maximum atomic E-state index is 5.39. The van der Waals surface area contributed by atoms with Gasteiger partial charge in [-0.3, -0.25) is 0 Å². The van der Waals surface area contributed by atoms with Crippen LogP contribution in [0.4, 0.5) is 0 Å². The van der Waals surface area contributed by atoms with Gasteiger partial charge in [0.1, 0.15) is 0 Å². The van der Waals surface area contributed by atoms with Gasteiger partial charge in [-0.2, -0.15) is 0 Å². The summed E-state index contributed by atoms with van der Waals surface area (Å²) in [4.78, 5) is 0. The van der Waals surface area contributed by atoms with Gasteiger partial charge >= 0.3 is 7.32 Å². The van der Waals surface area contributed by atoms with Gasteiger partial charge in [0.2, 0.25) is 0 Å². The monoisotopic (exact) mass is 142 g/mol. The predicted octanol–water partition coefficient (Wildman–Crippen LogP) is 0.586. The summed E-state index contributed by atoms with van der Waals surface area (Å²) in [7, 11) is 1.21. The maximum absolute atomic E-state index is 5.39. The molecule has 0 bridgehead atoms. The van der Waals surface area contributed by atoms with Gasteiger partial charge in [-0.1, -0.05) is 0 Å². The number of hydrogen-bond acceptors (Lipinski definition) is 3. The van der Waals surface area contributed by atoms with Gasteiger partial charge in [0.25, 0.3) is 0 Å². The van der Waals surface area contributed by atoms with E-state index >= 15 is 0 Å². The van der Waals surface area contributed by atoms with Crippen molar-refractivity contribution in [1.29, 1.82) is 0 Å². The Morgan fingerprint density at radius 1 is 1.30 bits per heavy atom. The van der Waals surface area contributed by atoms with E-state index in [9.17, 15) is 0 Å². The van der Waals surface area contributed by atoms with E-state index in [1.807, 2.05) is 0 Å². The zero-order valence-electron chi connectivity index (χ0n) is 6.08. The highest BCUT2D eigenvalue weighted by atomic mass is 16.8. The molecule has 1 heterocycles. The standard InChI is InChI=1S/C6H11BO3/c1-8-7-9-5-3-2-4-6(5)10-7/h5-6H,2-4H2,1H3. The van der Waals surface area contributed by atoms with Crippen molar-refractivity contribution >= 4 is 7.32 Å². The first-order chi connectivity index (χ1) is 4.90. The van der Waals surface area contributed by atoms with Crippen molar-refractivity contribution in [3.63, 3.8) is 0 Å². The highest BCUT2D eigenvalue weighted by Gasteiger charge is 2.43. The molecule has 0 amide bonds. The third-order valence-electron chi connectivity index (χ3n) is 2.16. The van der Waals surface area contributed by atoms with Crippen LogP contribution in [0.3, 0.4) is 0 Å². The molecule has 2 unspecified atom stereocenters. The first-order valence-corrected chi connectivity index (χ1v) is 3.74. The molecule has 0 N–H and O–H groups in total. The van der Waals surface area contributed by atoms with Crippen molar-refractivity contribution in [3.05, 3.63) is 0 Å². The molecule has 3 nitrogen and oxygen atoms in total. The van der Waals surface area contributed by atoms with Crippen LogP contribution in [0, 0.1) is 0 Å². The Bertz CT molecular complexity index is 118. The van der Waals surface area contributed by atoms with Gasteiger partial charge in [0, 0.05) is 7.11 Å². The van der Waals surface area contributed by atoms with Crippen LogP contribution in [0.2, 0.25) is 0 Å². The number of fused-ring (bicyclic) bond motifs is 1. The minimum atomic E-state index is -0.393. The summed E-state index contributed by atoms with van der Waals surface area (Å²) >= 11 is 0. The molecule has 56 valence electrons. The molecule has 2 aliphatic rings. The summed E-state index contributed by atoms with van der Waals surface area (Å²) in [5.41, 5.74) is 0. The Hall–Kier alpha value is -0.0551.